The van der Waals surface area contributed by atoms with Crippen LogP contribution in [-0.2, 0) is 0 Å². The van der Waals surface area contributed by atoms with Crippen LogP contribution in [0, 0.1) is 13.8 Å². The number of phenolic OH excluding ortho intramolecular Hbond substituents is 1. The number of hydrogen-bond donors (Lipinski definition) is 2. The monoisotopic (exact) mass is 256 g/mol. The van der Waals surface area contributed by atoms with Crippen molar-refractivity contribution in [2.24, 2.45) is 5.10 Å². The van der Waals surface area contributed by atoms with E-state index >= 15 is 0 Å². The molecule has 98 valence electrons. The highest BCUT2D eigenvalue weighted by molar-refractivity contribution is 6.01. The van der Waals surface area contributed by atoms with E-state index in [1.165, 1.54) is 0 Å². The molecule has 2 rings (SSSR count). The highest BCUT2D eigenvalue weighted by Crippen LogP contribution is 2.16. The Morgan fingerprint density at radius 3 is 2.42 bits per heavy atom. The van der Waals surface area contributed by atoms with Crippen LogP contribution in [0.3, 0.4) is 0 Å². The molecule has 1 heterocycles. The second-order valence-electron chi connectivity index (χ2n) is 4.30. The van der Waals surface area contributed by atoms with Crippen LogP contribution >= 0.6 is 0 Å². The van der Waals surface area contributed by atoms with E-state index in [2.05, 4.69) is 20.5 Å². The number of benzene rings is 1. The van der Waals surface area contributed by atoms with Crippen molar-refractivity contribution >= 4 is 11.7 Å². The van der Waals surface area contributed by atoms with Gasteiger partial charge in [-0.25, -0.2) is 15.4 Å². The molecule has 2 aromatic rings. The number of aromatic nitrogens is 2. The van der Waals surface area contributed by atoms with Gasteiger partial charge in [0.05, 0.1) is 5.71 Å². The van der Waals surface area contributed by atoms with Crippen molar-refractivity contribution < 1.29 is 5.11 Å². The second kappa shape index (κ2) is 5.48. The van der Waals surface area contributed by atoms with Crippen LogP contribution in [0.5, 0.6) is 5.75 Å². The number of phenols is 1. The summed E-state index contributed by atoms with van der Waals surface area (Å²) in [4.78, 5) is 8.46. The minimum absolute atomic E-state index is 0.201. The Labute approximate surface area is 112 Å². The number of aromatic hydroxyl groups is 1. The van der Waals surface area contributed by atoms with E-state index in [-0.39, 0.29) is 5.75 Å². The Balaban J connectivity index is 2.20. The fourth-order valence-corrected chi connectivity index (χ4v) is 1.75. The van der Waals surface area contributed by atoms with Gasteiger partial charge in [-0.3, -0.25) is 0 Å². The summed E-state index contributed by atoms with van der Waals surface area (Å²) in [7, 11) is 0. The number of rotatable bonds is 3. The summed E-state index contributed by atoms with van der Waals surface area (Å²) >= 11 is 0. The number of aryl methyl sites for hydroxylation is 2. The van der Waals surface area contributed by atoms with Gasteiger partial charge < -0.3 is 5.11 Å². The number of hydrazone groups is 1. The van der Waals surface area contributed by atoms with Gasteiger partial charge >= 0.3 is 0 Å². The molecule has 5 heteroatoms. The molecule has 0 bridgehead atoms. The Morgan fingerprint density at radius 2 is 1.79 bits per heavy atom. The van der Waals surface area contributed by atoms with E-state index in [1.54, 1.807) is 18.2 Å². The highest BCUT2D eigenvalue weighted by atomic mass is 16.3. The molecule has 0 unspecified atom stereocenters. The maximum absolute atomic E-state index is 9.73. The van der Waals surface area contributed by atoms with E-state index in [0.29, 0.717) is 17.2 Å². The van der Waals surface area contributed by atoms with Gasteiger partial charge in [0.1, 0.15) is 5.75 Å². The first-order valence-electron chi connectivity index (χ1n) is 5.97. The van der Waals surface area contributed by atoms with E-state index in [1.807, 2.05) is 32.9 Å². The van der Waals surface area contributed by atoms with Crippen molar-refractivity contribution in [2.45, 2.75) is 20.8 Å². The molecule has 1 aromatic heterocycles. The quantitative estimate of drug-likeness (QED) is 0.654. The van der Waals surface area contributed by atoms with Gasteiger partial charge in [-0.05, 0) is 39.0 Å². The zero-order chi connectivity index (χ0) is 13.8. The fourth-order valence-electron chi connectivity index (χ4n) is 1.75. The highest BCUT2D eigenvalue weighted by Gasteiger charge is 2.03. The maximum Gasteiger partial charge on any atom is 0.243 e. The molecule has 0 aliphatic heterocycles. The third kappa shape index (κ3) is 3.28. The molecule has 0 atom stereocenters. The first-order valence-corrected chi connectivity index (χ1v) is 5.97. The molecule has 2 N–H and O–H groups in total. The molecule has 5 nitrogen and oxygen atoms in total. The Morgan fingerprint density at radius 1 is 1.16 bits per heavy atom. The van der Waals surface area contributed by atoms with Crippen LogP contribution in [0.4, 0.5) is 5.95 Å². The number of hydrogen-bond acceptors (Lipinski definition) is 5. The topological polar surface area (TPSA) is 70.4 Å². The van der Waals surface area contributed by atoms with Crippen LogP contribution in [0.2, 0.25) is 0 Å². The van der Waals surface area contributed by atoms with Gasteiger partial charge in [0.25, 0.3) is 0 Å². The molecule has 0 saturated heterocycles. The average Bonchev–Trinajstić information content (AvgIpc) is 2.35. The van der Waals surface area contributed by atoms with Gasteiger partial charge in [-0.2, -0.15) is 5.10 Å². The van der Waals surface area contributed by atoms with E-state index < -0.39 is 0 Å². The smallest absolute Gasteiger partial charge is 0.243 e. The summed E-state index contributed by atoms with van der Waals surface area (Å²) in [5.41, 5.74) is 5.91. The predicted molar refractivity (Wildman–Crippen MR) is 75.4 cm³/mol. The third-order valence-electron chi connectivity index (χ3n) is 2.60. The standard InChI is InChI=1S/C14H16N4O/c1-9-8-10(2)16-14(15-9)18-17-11(3)12-6-4-5-7-13(12)19/h4-8,19H,1-3H3,(H,15,16,18)/b17-11+. The lowest BCUT2D eigenvalue weighted by Crippen LogP contribution is -2.04. The van der Waals surface area contributed by atoms with E-state index in [0.717, 1.165) is 11.4 Å². The lowest BCUT2D eigenvalue weighted by atomic mass is 10.1. The largest absolute Gasteiger partial charge is 0.507 e. The summed E-state index contributed by atoms with van der Waals surface area (Å²) < 4.78 is 0. The van der Waals surface area contributed by atoms with Crippen LogP contribution in [0.15, 0.2) is 35.4 Å². The minimum atomic E-state index is 0.201. The van der Waals surface area contributed by atoms with Gasteiger partial charge in [-0.1, -0.05) is 12.1 Å². The molecule has 0 saturated carbocycles. The first-order chi connectivity index (χ1) is 9.06. The summed E-state index contributed by atoms with van der Waals surface area (Å²) in [5.74, 6) is 0.652. The van der Waals surface area contributed by atoms with Crippen molar-refractivity contribution in [3.63, 3.8) is 0 Å². The van der Waals surface area contributed by atoms with Crippen molar-refractivity contribution in [3.05, 3.63) is 47.3 Å². The Bertz CT molecular complexity index is 602. The molecule has 0 spiro atoms. The van der Waals surface area contributed by atoms with E-state index in [4.69, 9.17) is 0 Å². The van der Waals surface area contributed by atoms with Crippen LogP contribution in [0.25, 0.3) is 0 Å². The molecule has 19 heavy (non-hydrogen) atoms. The average molecular weight is 256 g/mol. The third-order valence-corrected chi connectivity index (χ3v) is 2.60. The maximum atomic E-state index is 9.73. The van der Waals surface area contributed by atoms with Crippen molar-refractivity contribution in [1.82, 2.24) is 9.97 Å². The van der Waals surface area contributed by atoms with E-state index in [9.17, 15) is 5.11 Å². The lowest BCUT2D eigenvalue weighted by Gasteiger charge is -2.05. The number of anilines is 1. The van der Waals surface area contributed by atoms with Gasteiger partial charge in [0.15, 0.2) is 0 Å². The number of para-hydroxylation sites is 1. The number of nitrogens with zero attached hydrogens (tertiary/aromatic N) is 3. The number of nitrogens with one attached hydrogen (secondary N) is 1. The Hall–Kier alpha value is -2.43. The fraction of sp³-hybridized carbons (Fsp3) is 0.214. The molecular weight excluding hydrogens is 240 g/mol. The molecule has 0 aliphatic rings. The van der Waals surface area contributed by atoms with Gasteiger partial charge in [0, 0.05) is 17.0 Å². The van der Waals surface area contributed by atoms with Crippen LogP contribution < -0.4 is 5.43 Å². The normalized spacial score (nSPS) is 11.4. The molecule has 0 amide bonds. The summed E-state index contributed by atoms with van der Waals surface area (Å²) in [6.07, 6.45) is 0. The lowest BCUT2D eigenvalue weighted by molar-refractivity contribution is 0.474. The van der Waals surface area contributed by atoms with Gasteiger partial charge in [0.2, 0.25) is 5.95 Å². The zero-order valence-electron chi connectivity index (χ0n) is 11.2. The van der Waals surface area contributed by atoms with Crippen molar-refractivity contribution in [3.8, 4) is 5.75 Å². The second-order valence-corrected chi connectivity index (χ2v) is 4.30. The molecule has 0 radical (unpaired) electrons. The molecule has 1 aromatic carbocycles. The van der Waals surface area contributed by atoms with Crippen molar-refractivity contribution in [2.75, 3.05) is 5.43 Å². The summed E-state index contributed by atoms with van der Waals surface area (Å²) in [5, 5.41) is 13.9. The zero-order valence-corrected chi connectivity index (χ0v) is 11.2. The minimum Gasteiger partial charge on any atom is -0.507 e. The van der Waals surface area contributed by atoms with Crippen LogP contribution in [0.1, 0.15) is 23.9 Å². The van der Waals surface area contributed by atoms with Crippen molar-refractivity contribution in [1.29, 1.82) is 0 Å². The summed E-state index contributed by atoms with van der Waals surface area (Å²) in [6.45, 7) is 5.61. The summed E-state index contributed by atoms with van der Waals surface area (Å²) in [6, 6.07) is 8.94. The first kappa shape index (κ1) is 13.0. The molecule has 0 fully saturated rings. The predicted octanol–water partition coefficient (Wildman–Crippen LogP) is 2.64. The van der Waals surface area contributed by atoms with Crippen LogP contribution in [-0.4, -0.2) is 20.8 Å². The van der Waals surface area contributed by atoms with Gasteiger partial charge in [-0.15, -0.1) is 0 Å². The molecular formula is C14H16N4O. The Kier molecular flexibility index (Phi) is 3.75. The molecule has 0 aliphatic carbocycles. The SMILES string of the molecule is C/C(=N\Nc1nc(C)cc(C)n1)c1ccccc1O.